The van der Waals surface area contributed by atoms with Crippen LogP contribution >= 0.6 is 11.8 Å². The number of thioether (sulfide) groups is 1. The molecule has 1 aromatic carbocycles. The maximum absolute atomic E-state index is 12.4. The van der Waals surface area contributed by atoms with E-state index in [1.807, 2.05) is 30.0 Å². The van der Waals surface area contributed by atoms with E-state index in [-0.39, 0.29) is 24.3 Å². The Bertz CT molecular complexity index is 611. The molecule has 2 fully saturated rings. The van der Waals surface area contributed by atoms with E-state index in [0.29, 0.717) is 11.8 Å². The summed E-state index contributed by atoms with van der Waals surface area (Å²) in [6.45, 7) is 8.83. The Morgan fingerprint density at radius 3 is 2.59 bits per heavy atom. The van der Waals surface area contributed by atoms with Gasteiger partial charge in [0.2, 0.25) is 0 Å². The molecule has 6 heteroatoms. The second kappa shape index (κ2) is 9.80. The Labute approximate surface area is 167 Å². The molecule has 2 aliphatic rings. The average molecular weight is 392 g/mol. The van der Waals surface area contributed by atoms with E-state index in [0.717, 1.165) is 18.8 Å². The maximum atomic E-state index is 12.4. The van der Waals surface area contributed by atoms with Gasteiger partial charge in [-0.25, -0.2) is 4.79 Å². The van der Waals surface area contributed by atoms with Gasteiger partial charge in [-0.1, -0.05) is 25.0 Å². The SMILES string of the molecule is CC1CN(C(C)CNC(=O)Nc2ccccc2SC2CCCC2)CC(C)O1. The van der Waals surface area contributed by atoms with Crippen LogP contribution in [0.25, 0.3) is 0 Å². The summed E-state index contributed by atoms with van der Waals surface area (Å²) in [6.07, 6.45) is 5.68. The van der Waals surface area contributed by atoms with Gasteiger partial charge in [-0.2, -0.15) is 0 Å². The van der Waals surface area contributed by atoms with Crippen molar-refractivity contribution >= 4 is 23.5 Å². The number of amides is 2. The fourth-order valence-corrected chi connectivity index (χ4v) is 5.30. The first-order valence-electron chi connectivity index (χ1n) is 10.2. The van der Waals surface area contributed by atoms with Crippen LogP contribution in [0.15, 0.2) is 29.2 Å². The van der Waals surface area contributed by atoms with Crippen molar-refractivity contribution in [1.29, 1.82) is 0 Å². The minimum absolute atomic E-state index is 0.129. The molecule has 0 bridgehead atoms. The first-order valence-corrected chi connectivity index (χ1v) is 11.1. The van der Waals surface area contributed by atoms with Gasteiger partial charge in [0.15, 0.2) is 0 Å². The number of ether oxygens (including phenoxy) is 1. The molecule has 5 nitrogen and oxygen atoms in total. The van der Waals surface area contributed by atoms with Gasteiger partial charge in [-0.05, 0) is 45.7 Å². The standard InChI is InChI=1S/C21H33N3O2S/c1-15(24-13-16(2)26-17(3)14-24)12-22-21(25)23-19-10-6-7-11-20(19)27-18-8-4-5-9-18/h6-7,10-11,15-18H,4-5,8-9,12-14H2,1-3H3,(H2,22,23,25). The monoisotopic (exact) mass is 391 g/mol. The van der Waals surface area contributed by atoms with E-state index in [1.54, 1.807) is 0 Å². The van der Waals surface area contributed by atoms with E-state index >= 15 is 0 Å². The Morgan fingerprint density at radius 1 is 1.22 bits per heavy atom. The summed E-state index contributed by atoms with van der Waals surface area (Å²) in [5.74, 6) is 0. The zero-order valence-electron chi connectivity index (χ0n) is 16.7. The fourth-order valence-electron chi connectivity index (χ4n) is 3.97. The lowest BCUT2D eigenvalue weighted by Crippen LogP contribution is -2.52. The van der Waals surface area contributed by atoms with E-state index in [2.05, 4.69) is 42.4 Å². The van der Waals surface area contributed by atoms with Crippen molar-refractivity contribution in [3.05, 3.63) is 24.3 Å². The number of nitrogens with one attached hydrogen (secondary N) is 2. The molecule has 2 amide bonds. The number of para-hydroxylation sites is 1. The normalized spacial score (nSPS) is 25.3. The van der Waals surface area contributed by atoms with Crippen molar-refractivity contribution in [2.24, 2.45) is 0 Å². The molecular weight excluding hydrogens is 358 g/mol. The van der Waals surface area contributed by atoms with Crippen LogP contribution in [-0.2, 0) is 4.74 Å². The minimum atomic E-state index is -0.129. The molecule has 2 N–H and O–H groups in total. The van der Waals surface area contributed by atoms with Crippen LogP contribution < -0.4 is 10.6 Å². The van der Waals surface area contributed by atoms with Gasteiger partial charge < -0.3 is 15.4 Å². The van der Waals surface area contributed by atoms with Crippen molar-refractivity contribution in [3.8, 4) is 0 Å². The Balaban J connectivity index is 1.49. The first-order chi connectivity index (χ1) is 13.0. The number of nitrogens with zero attached hydrogens (tertiary/aromatic N) is 1. The van der Waals surface area contributed by atoms with Crippen molar-refractivity contribution in [3.63, 3.8) is 0 Å². The third-order valence-electron chi connectivity index (χ3n) is 5.36. The summed E-state index contributed by atoms with van der Waals surface area (Å²) in [5, 5.41) is 6.76. The van der Waals surface area contributed by atoms with E-state index in [9.17, 15) is 4.79 Å². The molecule has 150 valence electrons. The van der Waals surface area contributed by atoms with Crippen molar-refractivity contribution in [2.45, 2.75) is 74.8 Å². The number of hydrogen-bond donors (Lipinski definition) is 2. The predicted octanol–water partition coefficient (Wildman–Crippen LogP) is 4.34. The Hall–Kier alpha value is -1.24. The molecule has 1 saturated heterocycles. The second-order valence-electron chi connectivity index (χ2n) is 7.92. The number of carbonyl (C=O) groups is 1. The molecule has 0 aromatic heterocycles. The molecule has 1 aromatic rings. The molecule has 3 atom stereocenters. The van der Waals surface area contributed by atoms with Crippen LogP contribution in [0, 0.1) is 0 Å². The van der Waals surface area contributed by atoms with Crippen LogP contribution in [-0.4, -0.2) is 54.1 Å². The Morgan fingerprint density at radius 2 is 1.89 bits per heavy atom. The van der Waals surface area contributed by atoms with Crippen molar-refractivity contribution in [1.82, 2.24) is 10.2 Å². The van der Waals surface area contributed by atoms with Gasteiger partial charge in [-0.15, -0.1) is 11.8 Å². The third-order valence-corrected chi connectivity index (χ3v) is 6.77. The predicted molar refractivity (Wildman–Crippen MR) is 113 cm³/mol. The molecular formula is C21H33N3O2S. The lowest BCUT2D eigenvalue weighted by atomic mass is 10.2. The van der Waals surface area contributed by atoms with Gasteiger partial charge in [0.05, 0.1) is 17.9 Å². The van der Waals surface area contributed by atoms with Crippen LogP contribution in [0.4, 0.5) is 10.5 Å². The number of carbonyl (C=O) groups excluding carboxylic acids is 1. The summed E-state index contributed by atoms with van der Waals surface area (Å²) in [5.41, 5.74) is 0.910. The number of rotatable bonds is 6. The van der Waals surface area contributed by atoms with E-state index in [4.69, 9.17) is 4.74 Å². The van der Waals surface area contributed by atoms with Gasteiger partial charge in [0, 0.05) is 35.8 Å². The molecule has 3 rings (SSSR count). The smallest absolute Gasteiger partial charge is 0.319 e. The van der Waals surface area contributed by atoms with Crippen LogP contribution in [0.3, 0.4) is 0 Å². The number of morpholine rings is 1. The number of urea groups is 1. The average Bonchev–Trinajstić information content (AvgIpc) is 3.13. The highest BCUT2D eigenvalue weighted by atomic mass is 32.2. The zero-order chi connectivity index (χ0) is 19.2. The molecule has 0 radical (unpaired) electrons. The fraction of sp³-hybridized carbons (Fsp3) is 0.667. The van der Waals surface area contributed by atoms with Crippen LogP contribution in [0.1, 0.15) is 46.5 Å². The lowest BCUT2D eigenvalue weighted by Gasteiger charge is -2.38. The molecule has 1 aliphatic heterocycles. The summed E-state index contributed by atoms with van der Waals surface area (Å²) in [6, 6.07) is 8.28. The van der Waals surface area contributed by atoms with Crippen LogP contribution in [0.2, 0.25) is 0 Å². The Kier molecular flexibility index (Phi) is 7.44. The third kappa shape index (κ3) is 6.13. The van der Waals surface area contributed by atoms with Crippen molar-refractivity contribution in [2.75, 3.05) is 25.0 Å². The topological polar surface area (TPSA) is 53.6 Å². The highest BCUT2D eigenvalue weighted by molar-refractivity contribution is 8.00. The van der Waals surface area contributed by atoms with Gasteiger partial charge >= 0.3 is 6.03 Å². The number of anilines is 1. The molecule has 1 saturated carbocycles. The minimum Gasteiger partial charge on any atom is -0.373 e. The van der Waals surface area contributed by atoms with Gasteiger partial charge in [0.1, 0.15) is 0 Å². The number of benzene rings is 1. The summed E-state index contributed by atoms with van der Waals surface area (Å²) >= 11 is 1.90. The van der Waals surface area contributed by atoms with Gasteiger partial charge in [0.25, 0.3) is 0 Å². The van der Waals surface area contributed by atoms with E-state index < -0.39 is 0 Å². The number of hydrogen-bond acceptors (Lipinski definition) is 4. The van der Waals surface area contributed by atoms with Crippen molar-refractivity contribution < 1.29 is 9.53 Å². The summed E-state index contributed by atoms with van der Waals surface area (Å²) in [7, 11) is 0. The molecule has 27 heavy (non-hydrogen) atoms. The molecule has 3 unspecified atom stereocenters. The summed E-state index contributed by atoms with van der Waals surface area (Å²) < 4.78 is 5.80. The summed E-state index contributed by atoms with van der Waals surface area (Å²) in [4.78, 5) is 16.0. The lowest BCUT2D eigenvalue weighted by molar-refractivity contribution is -0.0777. The molecule has 0 spiro atoms. The molecule has 1 heterocycles. The molecule has 1 aliphatic carbocycles. The van der Waals surface area contributed by atoms with E-state index in [1.165, 1.54) is 30.6 Å². The quantitative estimate of drug-likeness (QED) is 0.757. The first kappa shape index (κ1) is 20.5. The highest BCUT2D eigenvalue weighted by Crippen LogP contribution is 2.37. The van der Waals surface area contributed by atoms with Crippen LogP contribution in [0.5, 0.6) is 0 Å². The van der Waals surface area contributed by atoms with Gasteiger partial charge in [-0.3, -0.25) is 4.90 Å². The maximum Gasteiger partial charge on any atom is 0.319 e. The second-order valence-corrected chi connectivity index (χ2v) is 9.26. The highest BCUT2D eigenvalue weighted by Gasteiger charge is 2.26. The zero-order valence-corrected chi connectivity index (χ0v) is 17.6. The largest absolute Gasteiger partial charge is 0.373 e.